The number of nitrogens with one attached hydrogen (secondary N) is 1. The summed E-state index contributed by atoms with van der Waals surface area (Å²) >= 11 is 0. The molecule has 0 bridgehead atoms. The van der Waals surface area contributed by atoms with E-state index in [0.29, 0.717) is 12.6 Å². The summed E-state index contributed by atoms with van der Waals surface area (Å²) in [6.45, 7) is 10.3. The third kappa shape index (κ3) is 5.33. The Hall–Kier alpha value is -0.170. The standard InChI is InChI=1S/C11H24N2O3S/c1-9(2)13-7-10(6-12-17(5,14)15)16-11(3,4)8-13/h9-10,12H,6-8H2,1-5H3. The van der Waals surface area contributed by atoms with Crippen molar-refractivity contribution < 1.29 is 13.2 Å². The van der Waals surface area contributed by atoms with Crippen LogP contribution in [0.15, 0.2) is 0 Å². The van der Waals surface area contributed by atoms with Crippen molar-refractivity contribution in [1.29, 1.82) is 0 Å². The van der Waals surface area contributed by atoms with E-state index in [2.05, 4.69) is 23.5 Å². The Morgan fingerprint density at radius 3 is 2.53 bits per heavy atom. The molecule has 1 atom stereocenters. The van der Waals surface area contributed by atoms with Crippen LogP contribution in [0.3, 0.4) is 0 Å². The predicted octanol–water partition coefficient (Wildman–Crippen LogP) is 0.423. The van der Waals surface area contributed by atoms with Crippen LogP contribution in [-0.2, 0) is 14.8 Å². The first-order valence-electron chi connectivity index (χ1n) is 5.95. The van der Waals surface area contributed by atoms with Gasteiger partial charge in [-0.1, -0.05) is 0 Å². The zero-order valence-electron chi connectivity index (χ0n) is 11.4. The second-order valence-electron chi connectivity index (χ2n) is 5.64. The first-order chi connectivity index (χ1) is 7.59. The summed E-state index contributed by atoms with van der Waals surface area (Å²) < 4.78 is 30.5. The lowest BCUT2D eigenvalue weighted by molar-refractivity contribution is -0.139. The largest absolute Gasteiger partial charge is 0.368 e. The molecule has 102 valence electrons. The molecule has 1 heterocycles. The van der Waals surface area contributed by atoms with Gasteiger partial charge in [-0.15, -0.1) is 0 Å². The average Bonchev–Trinajstić information content (AvgIpc) is 2.11. The Balaban J connectivity index is 2.61. The first-order valence-corrected chi connectivity index (χ1v) is 7.85. The SMILES string of the molecule is CC(C)N1CC(CNS(C)(=O)=O)OC(C)(C)C1. The van der Waals surface area contributed by atoms with Gasteiger partial charge in [-0.25, -0.2) is 13.1 Å². The van der Waals surface area contributed by atoms with E-state index in [4.69, 9.17) is 4.74 Å². The predicted molar refractivity (Wildman–Crippen MR) is 68.5 cm³/mol. The van der Waals surface area contributed by atoms with E-state index >= 15 is 0 Å². The highest BCUT2D eigenvalue weighted by Crippen LogP contribution is 2.22. The molecule has 17 heavy (non-hydrogen) atoms. The fourth-order valence-electron chi connectivity index (χ4n) is 2.08. The van der Waals surface area contributed by atoms with Crippen LogP contribution in [0.1, 0.15) is 27.7 Å². The summed E-state index contributed by atoms with van der Waals surface area (Å²) in [6, 6.07) is 0.443. The van der Waals surface area contributed by atoms with E-state index in [9.17, 15) is 8.42 Å². The van der Waals surface area contributed by atoms with Gasteiger partial charge in [-0.3, -0.25) is 4.90 Å². The molecule has 6 heteroatoms. The van der Waals surface area contributed by atoms with Crippen molar-refractivity contribution in [3.05, 3.63) is 0 Å². The van der Waals surface area contributed by atoms with E-state index in [0.717, 1.165) is 13.1 Å². The lowest BCUT2D eigenvalue weighted by atomic mass is 10.0. The van der Waals surface area contributed by atoms with E-state index in [-0.39, 0.29) is 11.7 Å². The Morgan fingerprint density at radius 2 is 2.06 bits per heavy atom. The molecule has 0 spiro atoms. The van der Waals surface area contributed by atoms with Crippen molar-refractivity contribution >= 4 is 10.0 Å². The summed E-state index contributed by atoms with van der Waals surface area (Å²) in [7, 11) is -3.15. The maximum Gasteiger partial charge on any atom is 0.208 e. The Kier molecular flexibility index (Phi) is 4.57. The molecule has 0 aromatic carbocycles. The minimum atomic E-state index is -3.15. The summed E-state index contributed by atoms with van der Waals surface area (Å²) in [5.74, 6) is 0. The van der Waals surface area contributed by atoms with Crippen molar-refractivity contribution in [3.8, 4) is 0 Å². The van der Waals surface area contributed by atoms with Crippen LogP contribution in [-0.4, -0.2) is 57.0 Å². The van der Waals surface area contributed by atoms with Crippen molar-refractivity contribution in [3.63, 3.8) is 0 Å². The molecule has 0 saturated carbocycles. The number of sulfonamides is 1. The number of morpholine rings is 1. The highest BCUT2D eigenvalue weighted by Gasteiger charge is 2.34. The molecule has 1 rings (SSSR count). The Bertz CT molecular complexity index is 352. The molecule has 0 aromatic rings. The van der Waals surface area contributed by atoms with E-state index in [1.54, 1.807) is 0 Å². The lowest BCUT2D eigenvalue weighted by Gasteiger charge is -2.44. The van der Waals surface area contributed by atoms with Gasteiger partial charge in [-0.05, 0) is 27.7 Å². The number of ether oxygens (including phenoxy) is 1. The molecule has 0 amide bonds. The Labute approximate surface area is 105 Å². The van der Waals surface area contributed by atoms with Crippen LogP contribution in [0.2, 0.25) is 0 Å². The second kappa shape index (κ2) is 5.22. The zero-order valence-corrected chi connectivity index (χ0v) is 12.2. The van der Waals surface area contributed by atoms with Gasteiger partial charge in [0.1, 0.15) is 0 Å². The van der Waals surface area contributed by atoms with E-state index in [1.165, 1.54) is 6.26 Å². The third-order valence-electron chi connectivity index (χ3n) is 2.81. The van der Waals surface area contributed by atoms with Crippen LogP contribution in [0.25, 0.3) is 0 Å². The third-order valence-corrected chi connectivity index (χ3v) is 3.50. The molecule has 1 unspecified atom stereocenters. The summed E-state index contributed by atoms with van der Waals surface area (Å²) in [6.07, 6.45) is 1.08. The fourth-order valence-corrected chi connectivity index (χ4v) is 2.57. The summed E-state index contributed by atoms with van der Waals surface area (Å²) in [5.41, 5.74) is -0.230. The molecule has 0 aliphatic carbocycles. The summed E-state index contributed by atoms with van der Waals surface area (Å²) in [4.78, 5) is 2.32. The van der Waals surface area contributed by atoms with Gasteiger partial charge in [0, 0.05) is 25.7 Å². The maximum absolute atomic E-state index is 11.1. The summed E-state index contributed by atoms with van der Waals surface area (Å²) in [5, 5.41) is 0. The number of rotatable bonds is 4. The van der Waals surface area contributed by atoms with Crippen LogP contribution >= 0.6 is 0 Å². The molecule has 5 nitrogen and oxygen atoms in total. The monoisotopic (exact) mass is 264 g/mol. The first kappa shape index (κ1) is 14.9. The Morgan fingerprint density at radius 1 is 1.47 bits per heavy atom. The number of hydrogen-bond donors (Lipinski definition) is 1. The molecule has 1 fully saturated rings. The van der Waals surface area contributed by atoms with Gasteiger partial charge < -0.3 is 4.74 Å². The highest BCUT2D eigenvalue weighted by molar-refractivity contribution is 7.88. The van der Waals surface area contributed by atoms with Gasteiger partial charge in [0.05, 0.1) is 18.0 Å². The normalized spacial score (nSPS) is 26.4. The number of hydrogen-bond acceptors (Lipinski definition) is 4. The molecule has 1 aliphatic heterocycles. The quantitative estimate of drug-likeness (QED) is 0.799. The highest BCUT2D eigenvalue weighted by atomic mass is 32.2. The fraction of sp³-hybridized carbons (Fsp3) is 1.00. The minimum absolute atomic E-state index is 0.0872. The van der Waals surface area contributed by atoms with Crippen LogP contribution in [0.4, 0.5) is 0 Å². The van der Waals surface area contributed by atoms with Gasteiger partial charge in [0.15, 0.2) is 0 Å². The maximum atomic E-state index is 11.1. The van der Waals surface area contributed by atoms with Crippen molar-refractivity contribution in [2.24, 2.45) is 0 Å². The zero-order chi connectivity index (χ0) is 13.3. The molecular formula is C11H24N2O3S. The van der Waals surface area contributed by atoms with E-state index < -0.39 is 10.0 Å². The minimum Gasteiger partial charge on any atom is -0.368 e. The lowest BCUT2D eigenvalue weighted by Crippen LogP contribution is -2.57. The molecule has 1 N–H and O–H groups in total. The van der Waals surface area contributed by atoms with Crippen molar-refractivity contribution in [1.82, 2.24) is 9.62 Å². The van der Waals surface area contributed by atoms with Crippen LogP contribution in [0.5, 0.6) is 0 Å². The van der Waals surface area contributed by atoms with Gasteiger partial charge in [-0.2, -0.15) is 0 Å². The van der Waals surface area contributed by atoms with Gasteiger partial charge in [0.2, 0.25) is 10.0 Å². The average molecular weight is 264 g/mol. The van der Waals surface area contributed by atoms with E-state index in [1.807, 2.05) is 13.8 Å². The van der Waals surface area contributed by atoms with Gasteiger partial charge in [0.25, 0.3) is 0 Å². The molecular weight excluding hydrogens is 240 g/mol. The van der Waals surface area contributed by atoms with Gasteiger partial charge >= 0.3 is 0 Å². The molecule has 0 aromatic heterocycles. The van der Waals surface area contributed by atoms with Crippen LogP contribution < -0.4 is 4.72 Å². The van der Waals surface area contributed by atoms with Crippen molar-refractivity contribution in [2.45, 2.75) is 45.4 Å². The smallest absolute Gasteiger partial charge is 0.208 e. The van der Waals surface area contributed by atoms with Crippen molar-refractivity contribution in [2.75, 3.05) is 25.9 Å². The van der Waals surface area contributed by atoms with Crippen LogP contribution in [0, 0.1) is 0 Å². The topological polar surface area (TPSA) is 58.6 Å². The molecule has 0 radical (unpaired) electrons. The molecule has 1 aliphatic rings. The number of nitrogens with zero attached hydrogens (tertiary/aromatic N) is 1. The molecule has 1 saturated heterocycles. The second-order valence-corrected chi connectivity index (χ2v) is 7.48.